The van der Waals surface area contributed by atoms with E-state index in [9.17, 15) is 0 Å². The highest BCUT2D eigenvalue weighted by atomic mass is 79.9. The Kier molecular flexibility index (Phi) is 8.88. The van der Waals surface area contributed by atoms with Crippen molar-refractivity contribution in [2.75, 3.05) is 12.4 Å². The summed E-state index contributed by atoms with van der Waals surface area (Å²) in [5, 5.41) is 4.41. The van der Waals surface area contributed by atoms with Crippen LogP contribution in [0.1, 0.15) is 39.0 Å². The molecule has 0 bridgehead atoms. The average molecular weight is 222 g/mol. The van der Waals surface area contributed by atoms with Gasteiger partial charge in [-0.1, -0.05) is 35.2 Å². The third kappa shape index (κ3) is 8.35. The third-order valence-corrected chi connectivity index (χ3v) is 2.57. The van der Waals surface area contributed by atoms with Gasteiger partial charge in [0.05, 0.1) is 0 Å². The van der Waals surface area contributed by atoms with Gasteiger partial charge in [0.2, 0.25) is 0 Å². The Morgan fingerprint density at radius 3 is 2.36 bits per heavy atom. The fourth-order valence-electron chi connectivity index (χ4n) is 1.04. The van der Waals surface area contributed by atoms with Gasteiger partial charge in [0.15, 0.2) is 0 Å². The lowest BCUT2D eigenvalue weighted by atomic mass is 10.1. The van der Waals surface area contributed by atoms with E-state index in [-0.39, 0.29) is 0 Å². The molecule has 1 unspecified atom stereocenters. The highest BCUT2D eigenvalue weighted by molar-refractivity contribution is 9.09. The highest BCUT2D eigenvalue weighted by Gasteiger charge is 1.96. The molecule has 0 aromatic heterocycles. The summed E-state index contributed by atoms with van der Waals surface area (Å²) in [4.78, 5) is 0. The van der Waals surface area contributed by atoms with Crippen LogP contribution in [0.15, 0.2) is 0 Å². The fourth-order valence-corrected chi connectivity index (χ4v) is 1.44. The maximum atomic E-state index is 3.43. The molecule has 0 aliphatic carbocycles. The molecule has 1 atom stereocenters. The molecule has 1 N–H and O–H groups in total. The van der Waals surface area contributed by atoms with E-state index in [1.807, 2.05) is 7.05 Å². The summed E-state index contributed by atoms with van der Waals surface area (Å²) in [7, 11) is 2.03. The highest BCUT2D eigenvalue weighted by Crippen LogP contribution is 2.06. The number of nitrogens with one attached hydrogen (secondary N) is 1. The summed E-state index contributed by atoms with van der Waals surface area (Å²) in [6, 6.07) is 0.693. The van der Waals surface area contributed by atoms with Gasteiger partial charge in [0, 0.05) is 11.4 Å². The second-order valence-corrected chi connectivity index (χ2v) is 3.87. The summed E-state index contributed by atoms with van der Waals surface area (Å²) in [6.07, 6.45) is 6.78. The van der Waals surface area contributed by atoms with E-state index in [1.165, 1.54) is 32.1 Å². The van der Waals surface area contributed by atoms with Crippen molar-refractivity contribution in [3.05, 3.63) is 0 Å². The van der Waals surface area contributed by atoms with Crippen LogP contribution >= 0.6 is 15.9 Å². The zero-order valence-electron chi connectivity index (χ0n) is 7.70. The van der Waals surface area contributed by atoms with E-state index in [0.717, 1.165) is 5.33 Å². The Labute approximate surface area is 79.1 Å². The van der Waals surface area contributed by atoms with Crippen molar-refractivity contribution in [2.24, 2.45) is 0 Å². The van der Waals surface area contributed by atoms with Gasteiger partial charge in [-0.25, -0.2) is 0 Å². The van der Waals surface area contributed by atoms with Crippen LogP contribution in [-0.2, 0) is 0 Å². The number of hydrogen-bond donors (Lipinski definition) is 1. The van der Waals surface area contributed by atoms with Crippen molar-refractivity contribution < 1.29 is 0 Å². The minimum atomic E-state index is 0.693. The van der Waals surface area contributed by atoms with Crippen molar-refractivity contribution >= 4 is 15.9 Å². The molecular formula is C9H20BrN. The molecule has 0 aromatic rings. The van der Waals surface area contributed by atoms with E-state index >= 15 is 0 Å². The molecule has 0 fully saturated rings. The molecule has 0 spiro atoms. The lowest BCUT2D eigenvalue weighted by molar-refractivity contribution is 0.518. The zero-order valence-corrected chi connectivity index (χ0v) is 9.28. The Hall–Kier alpha value is 0.440. The first-order valence-electron chi connectivity index (χ1n) is 4.54. The molecule has 0 saturated heterocycles. The summed E-state index contributed by atoms with van der Waals surface area (Å²) in [5.41, 5.74) is 0. The van der Waals surface area contributed by atoms with Gasteiger partial charge in [-0.15, -0.1) is 0 Å². The predicted octanol–water partition coefficient (Wildman–Crippen LogP) is 2.94. The number of halogens is 1. The van der Waals surface area contributed by atoms with Gasteiger partial charge < -0.3 is 5.32 Å². The molecule has 11 heavy (non-hydrogen) atoms. The summed E-state index contributed by atoms with van der Waals surface area (Å²) in [5.74, 6) is 0. The zero-order chi connectivity index (χ0) is 8.53. The summed E-state index contributed by atoms with van der Waals surface area (Å²) in [6.45, 7) is 2.24. The van der Waals surface area contributed by atoms with Gasteiger partial charge in [0.1, 0.15) is 0 Å². The van der Waals surface area contributed by atoms with Crippen LogP contribution in [0.25, 0.3) is 0 Å². The first-order valence-corrected chi connectivity index (χ1v) is 5.66. The van der Waals surface area contributed by atoms with Crippen molar-refractivity contribution in [3.63, 3.8) is 0 Å². The minimum Gasteiger partial charge on any atom is -0.317 e. The first-order chi connectivity index (χ1) is 5.31. The Morgan fingerprint density at radius 1 is 1.18 bits per heavy atom. The van der Waals surface area contributed by atoms with E-state index in [2.05, 4.69) is 28.2 Å². The van der Waals surface area contributed by atoms with Crippen molar-refractivity contribution in [1.29, 1.82) is 0 Å². The van der Waals surface area contributed by atoms with Crippen LogP contribution in [0.2, 0.25) is 0 Å². The number of alkyl halides is 1. The van der Waals surface area contributed by atoms with E-state index in [4.69, 9.17) is 0 Å². The van der Waals surface area contributed by atoms with Crippen LogP contribution in [0.4, 0.5) is 0 Å². The monoisotopic (exact) mass is 221 g/mol. The molecule has 0 rings (SSSR count). The first kappa shape index (κ1) is 11.4. The van der Waals surface area contributed by atoms with Crippen LogP contribution < -0.4 is 5.32 Å². The smallest absolute Gasteiger partial charge is 0.00357 e. The Bertz CT molecular complexity index is 76.0. The quantitative estimate of drug-likeness (QED) is 0.515. The van der Waals surface area contributed by atoms with Crippen LogP contribution in [0.5, 0.6) is 0 Å². The maximum Gasteiger partial charge on any atom is 0.00357 e. The van der Waals surface area contributed by atoms with Crippen molar-refractivity contribution in [1.82, 2.24) is 5.32 Å². The maximum absolute atomic E-state index is 3.43. The lowest BCUT2D eigenvalue weighted by Crippen LogP contribution is -2.20. The number of hydrogen-bond acceptors (Lipinski definition) is 1. The second-order valence-electron chi connectivity index (χ2n) is 3.08. The van der Waals surface area contributed by atoms with E-state index < -0.39 is 0 Å². The summed E-state index contributed by atoms with van der Waals surface area (Å²) >= 11 is 3.43. The molecule has 0 aliphatic rings. The average Bonchev–Trinajstić information content (AvgIpc) is 2.04. The van der Waals surface area contributed by atoms with Gasteiger partial charge in [-0.05, 0) is 26.8 Å². The minimum absolute atomic E-state index is 0.693. The van der Waals surface area contributed by atoms with E-state index in [1.54, 1.807) is 0 Å². The lowest BCUT2D eigenvalue weighted by Gasteiger charge is -2.08. The molecule has 0 radical (unpaired) electrons. The second kappa shape index (κ2) is 8.54. The van der Waals surface area contributed by atoms with Crippen LogP contribution in [-0.4, -0.2) is 18.4 Å². The molecule has 1 nitrogen and oxygen atoms in total. The largest absolute Gasteiger partial charge is 0.317 e. The summed E-state index contributed by atoms with van der Waals surface area (Å²) < 4.78 is 0. The van der Waals surface area contributed by atoms with Gasteiger partial charge in [0.25, 0.3) is 0 Å². The van der Waals surface area contributed by atoms with Crippen molar-refractivity contribution in [3.8, 4) is 0 Å². The Morgan fingerprint density at radius 2 is 1.82 bits per heavy atom. The topological polar surface area (TPSA) is 12.0 Å². The predicted molar refractivity (Wildman–Crippen MR) is 55.4 cm³/mol. The van der Waals surface area contributed by atoms with E-state index in [0.29, 0.717) is 6.04 Å². The molecule has 2 heteroatoms. The molecule has 0 amide bonds. The van der Waals surface area contributed by atoms with Gasteiger partial charge >= 0.3 is 0 Å². The standard InChI is InChI=1S/C9H20BrN/c1-9(11-2)7-5-3-4-6-8-10/h9,11H,3-8H2,1-2H3. The van der Waals surface area contributed by atoms with Crippen LogP contribution in [0, 0.1) is 0 Å². The number of unbranched alkanes of at least 4 members (excludes halogenated alkanes) is 3. The van der Waals surface area contributed by atoms with Crippen LogP contribution in [0.3, 0.4) is 0 Å². The molecule has 0 aromatic carbocycles. The molecule has 0 heterocycles. The fraction of sp³-hybridized carbons (Fsp3) is 1.00. The SMILES string of the molecule is CNC(C)CCCCCCBr. The van der Waals surface area contributed by atoms with Crippen molar-refractivity contribution in [2.45, 2.75) is 45.1 Å². The molecule has 68 valence electrons. The number of rotatable bonds is 7. The van der Waals surface area contributed by atoms with Gasteiger partial charge in [-0.2, -0.15) is 0 Å². The third-order valence-electron chi connectivity index (χ3n) is 2.01. The molecule has 0 aliphatic heterocycles. The Balaban J connectivity index is 2.89. The van der Waals surface area contributed by atoms with Gasteiger partial charge in [-0.3, -0.25) is 0 Å². The molecule has 0 saturated carbocycles. The normalized spacial score (nSPS) is 13.4. The molecular weight excluding hydrogens is 202 g/mol.